The molecule has 0 radical (unpaired) electrons. The van der Waals surface area contributed by atoms with Crippen LogP contribution in [0.2, 0.25) is 0 Å². The Morgan fingerprint density at radius 3 is 2.53 bits per heavy atom. The van der Waals surface area contributed by atoms with Crippen molar-refractivity contribution in [2.45, 2.75) is 64.1 Å². The number of nitrogens with zero attached hydrogens (tertiary/aromatic N) is 3. The van der Waals surface area contributed by atoms with Crippen LogP contribution in [0.15, 0.2) is 30.3 Å². The van der Waals surface area contributed by atoms with E-state index in [1.165, 1.54) is 21.7 Å². The van der Waals surface area contributed by atoms with Gasteiger partial charge in [0.25, 0.3) is 0 Å². The number of nitrogens with two attached hydrogens (primary N) is 1. The van der Waals surface area contributed by atoms with Gasteiger partial charge in [-0.15, -0.1) is 0 Å². The number of guanidine groups is 1. The Balaban J connectivity index is 2.19. The van der Waals surface area contributed by atoms with Crippen molar-refractivity contribution in [3.63, 3.8) is 0 Å². The van der Waals surface area contributed by atoms with E-state index < -0.39 is 23.8 Å². The number of anilines is 1. The van der Waals surface area contributed by atoms with E-state index in [2.05, 4.69) is 5.32 Å². The monoisotopic (exact) mass is 502 g/mol. The fourth-order valence-corrected chi connectivity index (χ4v) is 4.04. The maximum atomic E-state index is 13.8. The molecular weight excluding hydrogens is 464 g/mol. The number of amides is 3. The summed E-state index contributed by atoms with van der Waals surface area (Å²) >= 11 is 0. The number of para-hydroxylation sites is 1. The fourth-order valence-electron chi connectivity index (χ4n) is 4.04. The Morgan fingerprint density at radius 1 is 1.28 bits per heavy atom. The maximum absolute atomic E-state index is 13.8. The van der Waals surface area contributed by atoms with Crippen LogP contribution in [0.4, 0.5) is 10.5 Å². The van der Waals surface area contributed by atoms with Crippen molar-refractivity contribution in [1.82, 2.24) is 15.1 Å². The number of hydrogen-bond acceptors (Lipinski definition) is 6. The lowest BCUT2D eigenvalue weighted by molar-refractivity contribution is -0.138. The molecule has 0 aliphatic carbocycles. The number of benzene rings is 1. The van der Waals surface area contributed by atoms with Crippen molar-refractivity contribution >= 4 is 35.8 Å². The van der Waals surface area contributed by atoms with Crippen molar-refractivity contribution < 1.29 is 23.9 Å². The lowest BCUT2D eigenvalue weighted by Crippen LogP contribution is -2.53. The molecule has 0 unspecified atom stereocenters. The second kappa shape index (κ2) is 12.9. The molecule has 198 valence electrons. The first kappa shape index (κ1) is 28.6. The molecule has 3 amide bonds. The molecule has 11 heteroatoms. The number of rotatable bonds is 10. The van der Waals surface area contributed by atoms with Crippen LogP contribution in [0.5, 0.6) is 0 Å². The second-order valence-corrected chi connectivity index (χ2v) is 9.81. The van der Waals surface area contributed by atoms with Gasteiger partial charge in [-0.05, 0) is 58.6 Å². The lowest BCUT2D eigenvalue weighted by atomic mass is 10.1. The Bertz CT molecular complexity index is 933. The molecule has 1 aromatic carbocycles. The summed E-state index contributed by atoms with van der Waals surface area (Å²) in [6, 6.07) is 7.37. The first-order valence-electron chi connectivity index (χ1n) is 12.1. The van der Waals surface area contributed by atoms with Gasteiger partial charge < -0.3 is 35.3 Å². The summed E-state index contributed by atoms with van der Waals surface area (Å²) in [7, 11) is 1.48. The predicted octanol–water partition coefficient (Wildman–Crippen LogP) is 1.71. The number of carbonyl (C=O) groups excluding carboxylic acids is 4. The van der Waals surface area contributed by atoms with Crippen LogP contribution in [0.3, 0.4) is 0 Å². The summed E-state index contributed by atoms with van der Waals surface area (Å²) in [6.07, 6.45) is 2.07. The zero-order valence-corrected chi connectivity index (χ0v) is 21.5. The van der Waals surface area contributed by atoms with Gasteiger partial charge >= 0.3 is 6.09 Å². The molecule has 4 N–H and O–H groups in total. The average Bonchev–Trinajstić information content (AvgIpc) is 3.30. The first-order valence-corrected chi connectivity index (χ1v) is 12.1. The van der Waals surface area contributed by atoms with Gasteiger partial charge in [0, 0.05) is 25.8 Å². The third kappa shape index (κ3) is 8.24. The number of nitrogens with one attached hydrogen (secondary N) is 2. The van der Waals surface area contributed by atoms with Gasteiger partial charge in [-0.2, -0.15) is 0 Å². The second-order valence-electron chi connectivity index (χ2n) is 9.81. The summed E-state index contributed by atoms with van der Waals surface area (Å²) in [5, 5.41) is 9.97. The van der Waals surface area contributed by atoms with Gasteiger partial charge in [0.05, 0.1) is 6.04 Å². The molecule has 1 aliphatic rings. The molecule has 1 heterocycles. The minimum absolute atomic E-state index is 0.162. The van der Waals surface area contributed by atoms with Gasteiger partial charge in [-0.1, -0.05) is 18.2 Å². The highest BCUT2D eigenvalue weighted by Gasteiger charge is 2.39. The van der Waals surface area contributed by atoms with Crippen LogP contribution in [0.25, 0.3) is 0 Å². The van der Waals surface area contributed by atoms with Crippen LogP contribution in [-0.2, 0) is 19.1 Å². The first-order chi connectivity index (χ1) is 16.9. The molecule has 11 nitrogen and oxygen atoms in total. The van der Waals surface area contributed by atoms with Gasteiger partial charge in [0.1, 0.15) is 24.5 Å². The van der Waals surface area contributed by atoms with Crippen molar-refractivity contribution in [1.29, 1.82) is 5.41 Å². The molecule has 0 saturated carbocycles. The summed E-state index contributed by atoms with van der Waals surface area (Å²) in [4.78, 5) is 55.5. The van der Waals surface area contributed by atoms with Crippen LogP contribution >= 0.6 is 0 Å². The van der Waals surface area contributed by atoms with Crippen molar-refractivity contribution in [3.05, 3.63) is 30.3 Å². The molecule has 1 saturated heterocycles. The number of likely N-dealkylation sites (tertiary alicyclic amines) is 1. The Kier molecular flexibility index (Phi) is 10.2. The molecule has 36 heavy (non-hydrogen) atoms. The van der Waals surface area contributed by atoms with Crippen molar-refractivity contribution in [2.75, 3.05) is 31.6 Å². The lowest BCUT2D eigenvalue weighted by Gasteiger charge is -2.34. The number of hydrogen-bond donors (Lipinski definition) is 3. The quantitative estimate of drug-likeness (QED) is 0.191. The minimum Gasteiger partial charge on any atom is -0.444 e. The van der Waals surface area contributed by atoms with E-state index in [9.17, 15) is 19.2 Å². The molecule has 1 aromatic rings. The zero-order valence-electron chi connectivity index (χ0n) is 21.5. The minimum atomic E-state index is -0.754. The number of carbonyl (C=O) groups is 4. The average molecular weight is 503 g/mol. The number of ether oxygens (including phenoxy) is 1. The molecule has 2 atom stereocenters. The molecule has 1 aliphatic heterocycles. The molecular formula is C25H38N6O5. The van der Waals surface area contributed by atoms with Crippen molar-refractivity contribution in [2.24, 2.45) is 5.73 Å². The Hall–Kier alpha value is -3.63. The SMILES string of the molecule is CN(CC(=O)N1CCC[C@H]1C(=O)N(c1ccccc1)[C@H](C=O)CCCNC(=N)N)C(=O)OC(C)(C)C. The molecule has 1 fully saturated rings. The standard InChI is InChI=1S/C25H38N6O5/c1-25(2,3)36-24(35)29(4)16-21(33)30-15-9-13-20(30)22(34)31(18-10-6-5-7-11-18)19(17-32)12-8-14-28-23(26)27/h5-7,10-11,17,19-20H,8-9,12-16H2,1-4H3,(H4,26,27,28)/t19-,20-/m0/s1. The third-order valence-electron chi connectivity index (χ3n) is 5.69. The summed E-state index contributed by atoms with van der Waals surface area (Å²) in [5.74, 6) is -0.866. The highest BCUT2D eigenvalue weighted by atomic mass is 16.6. The van der Waals surface area contributed by atoms with Crippen LogP contribution in [0, 0.1) is 5.41 Å². The number of likely N-dealkylation sites (N-methyl/N-ethyl adjacent to an activating group) is 1. The molecule has 0 bridgehead atoms. The van der Waals surface area contributed by atoms with Crippen molar-refractivity contribution in [3.8, 4) is 0 Å². The largest absolute Gasteiger partial charge is 0.444 e. The Labute approximate surface area is 212 Å². The van der Waals surface area contributed by atoms with Crippen LogP contribution < -0.4 is 16.0 Å². The number of aldehydes is 1. The predicted molar refractivity (Wildman–Crippen MR) is 137 cm³/mol. The molecule has 0 spiro atoms. The smallest absolute Gasteiger partial charge is 0.410 e. The van der Waals surface area contributed by atoms with E-state index in [0.29, 0.717) is 44.5 Å². The van der Waals surface area contributed by atoms with E-state index in [1.807, 2.05) is 6.07 Å². The fraction of sp³-hybridized carbons (Fsp3) is 0.560. The van der Waals surface area contributed by atoms with E-state index >= 15 is 0 Å². The van der Waals surface area contributed by atoms with E-state index in [-0.39, 0.29) is 24.3 Å². The third-order valence-corrected chi connectivity index (χ3v) is 5.69. The topological polar surface area (TPSA) is 149 Å². The zero-order chi connectivity index (χ0) is 26.9. The highest BCUT2D eigenvalue weighted by molar-refractivity contribution is 6.02. The normalized spacial score (nSPS) is 16.1. The molecule has 0 aromatic heterocycles. The van der Waals surface area contributed by atoms with Gasteiger partial charge in [-0.25, -0.2) is 4.79 Å². The van der Waals surface area contributed by atoms with Gasteiger partial charge in [0.2, 0.25) is 11.8 Å². The highest BCUT2D eigenvalue weighted by Crippen LogP contribution is 2.26. The molecule has 2 rings (SSSR count). The summed E-state index contributed by atoms with van der Waals surface area (Å²) in [5.41, 5.74) is 5.18. The van der Waals surface area contributed by atoms with Crippen LogP contribution in [-0.4, -0.2) is 84.3 Å². The summed E-state index contributed by atoms with van der Waals surface area (Å²) in [6.45, 7) is 5.78. The van der Waals surface area contributed by atoms with E-state index in [4.69, 9.17) is 15.9 Å². The van der Waals surface area contributed by atoms with E-state index in [1.54, 1.807) is 45.0 Å². The maximum Gasteiger partial charge on any atom is 0.410 e. The Morgan fingerprint density at radius 2 is 1.94 bits per heavy atom. The van der Waals surface area contributed by atoms with Gasteiger partial charge in [0.15, 0.2) is 5.96 Å². The van der Waals surface area contributed by atoms with Crippen LogP contribution in [0.1, 0.15) is 46.5 Å². The van der Waals surface area contributed by atoms with Gasteiger partial charge in [-0.3, -0.25) is 15.0 Å². The summed E-state index contributed by atoms with van der Waals surface area (Å²) < 4.78 is 5.32. The van der Waals surface area contributed by atoms with E-state index in [0.717, 1.165) is 6.29 Å².